The maximum absolute atomic E-state index is 12.3. The van der Waals surface area contributed by atoms with Crippen LogP contribution in [0, 0.1) is 0 Å². The minimum Gasteiger partial charge on any atom is -0.495 e. The van der Waals surface area contributed by atoms with Gasteiger partial charge in [-0.2, -0.15) is 0 Å². The van der Waals surface area contributed by atoms with Crippen LogP contribution < -0.4 is 20.1 Å². The summed E-state index contributed by atoms with van der Waals surface area (Å²) in [6.45, 7) is 0.479. The van der Waals surface area contributed by atoms with Crippen LogP contribution in [0.2, 0.25) is 5.02 Å². The number of ether oxygens (including phenoxy) is 2. The molecule has 6 nitrogen and oxygen atoms in total. The second-order valence-corrected chi connectivity index (χ2v) is 6.90. The van der Waals surface area contributed by atoms with Crippen molar-refractivity contribution in [3.8, 4) is 11.5 Å². The summed E-state index contributed by atoms with van der Waals surface area (Å²) in [7, 11) is 6.99. The second-order valence-electron chi connectivity index (χ2n) is 5.52. The summed E-state index contributed by atoms with van der Waals surface area (Å²) in [5.41, 5.74) is 0.485. The number of methoxy groups -OCH3 is 2. The molecule has 8 heteroatoms. The van der Waals surface area contributed by atoms with Crippen molar-refractivity contribution in [3.05, 3.63) is 39.5 Å². The first-order valence-electron chi connectivity index (χ1n) is 7.62. The Bertz CT molecular complexity index is 707. The number of nitrogens with zero attached hydrogens (tertiary/aromatic N) is 1. The van der Waals surface area contributed by atoms with Crippen LogP contribution in [0.4, 0.5) is 10.5 Å². The standard InChI is InChI=1S/C17H22ClN3O3S/c1-21(2)13(16-6-5-7-25-16)10-19-17(22)20-12-9-14(23-3)11(18)8-15(12)24-4/h5-9,13H,10H2,1-4H3,(H2,19,20,22)/t13-/m0/s1. The summed E-state index contributed by atoms with van der Waals surface area (Å²) >= 11 is 7.74. The van der Waals surface area contributed by atoms with Crippen LogP contribution in [0.3, 0.4) is 0 Å². The third-order valence-corrected chi connectivity index (χ3v) is 4.94. The lowest BCUT2D eigenvalue weighted by Gasteiger charge is -2.23. The molecule has 2 N–H and O–H groups in total. The molecule has 2 aromatic rings. The Morgan fingerprint density at radius 2 is 2.00 bits per heavy atom. The van der Waals surface area contributed by atoms with Gasteiger partial charge in [-0.05, 0) is 25.5 Å². The highest BCUT2D eigenvalue weighted by Gasteiger charge is 2.17. The van der Waals surface area contributed by atoms with Gasteiger partial charge < -0.3 is 25.0 Å². The average molecular weight is 384 g/mol. The van der Waals surface area contributed by atoms with E-state index < -0.39 is 0 Å². The van der Waals surface area contributed by atoms with Gasteiger partial charge in [0, 0.05) is 23.6 Å². The summed E-state index contributed by atoms with van der Waals surface area (Å²) in [5, 5.41) is 8.10. The summed E-state index contributed by atoms with van der Waals surface area (Å²) in [5.74, 6) is 0.922. The minimum atomic E-state index is -0.328. The molecule has 0 fully saturated rings. The predicted octanol–water partition coefficient (Wildman–Crippen LogP) is 3.84. The number of nitrogens with one attached hydrogen (secondary N) is 2. The molecule has 0 radical (unpaired) electrons. The molecule has 2 amide bonds. The molecule has 0 aliphatic heterocycles. The number of amides is 2. The predicted molar refractivity (Wildman–Crippen MR) is 102 cm³/mol. The molecule has 1 aromatic heterocycles. The van der Waals surface area contributed by atoms with Crippen molar-refractivity contribution in [2.45, 2.75) is 6.04 Å². The van der Waals surface area contributed by atoms with Crippen LogP contribution in [-0.4, -0.2) is 45.8 Å². The van der Waals surface area contributed by atoms with Crippen molar-refractivity contribution < 1.29 is 14.3 Å². The Balaban J connectivity index is 2.05. The largest absolute Gasteiger partial charge is 0.495 e. The van der Waals surface area contributed by atoms with Gasteiger partial charge in [0.2, 0.25) is 0 Å². The van der Waals surface area contributed by atoms with Gasteiger partial charge in [0.25, 0.3) is 0 Å². The van der Waals surface area contributed by atoms with Crippen LogP contribution in [-0.2, 0) is 0 Å². The molecular formula is C17H22ClN3O3S. The van der Waals surface area contributed by atoms with Crippen LogP contribution in [0.1, 0.15) is 10.9 Å². The highest BCUT2D eigenvalue weighted by atomic mass is 35.5. The fourth-order valence-corrected chi connectivity index (χ4v) is 3.49. The number of thiophene rings is 1. The SMILES string of the molecule is COc1cc(NC(=O)NC[C@@H](c2cccs2)N(C)C)c(OC)cc1Cl. The maximum Gasteiger partial charge on any atom is 0.319 e. The minimum absolute atomic E-state index is 0.104. The second kappa shape index (κ2) is 8.94. The summed E-state index contributed by atoms with van der Waals surface area (Å²) < 4.78 is 10.4. The van der Waals surface area contributed by atoms with E-state index in [4.69, 9.17) is 21.1 Å². The first-order valence-corrected chi connectivity index (χ1v) is 8.88. The zero-order valence-electron chi connectivity index (χ0n) is 14.6. The van der Waals surface area contributed by atoms with Crippen molar-refractivity contribution in [2.24, 2.45) is 0 Å². The fourth-order valence-electron chi connectivity index (χ4n) is 2.33. The number of benzene rings is 1. The monoisotopic (exact) mass is 383 g/mol. The van der Waals surface area contributed by atoms with Crippen molar-refractivity contribution in [3.63, 3.8) is 0 Å². The van der Waals surface area contributed by atoms with Crippen LogP contribution >= 0.6 is 22.9 Å². The smallest absolute Gasteiger partial charge is 0.319 e. The van der Waals surface area contributed by atoms with Gasteiger partial charge in [-0.1, -0.05) is 17.7 Å². The summed E-state index contributed by atoms with van der Waals surface area (Å²) in [6.07, 6.45) is 0. The first kappa shape index (κ1) is 19.4. The fraction of sp³-hybridized carbons (Fsp3) is 0.353. The van der Waals surface area contributed by atoms with E-state index in [-0.39, 0.29) is 12.1 Å². The molecule has 0 unspecified atom stereocenters. The van der Waals surface area contributed by atoms with Gasteiger partial charge in [-0.3, -0.25) is 0 Å². The van der Waals surface area contributed by atoms with Gasteiger partial charge in [0.1, 0.15) is 11.5 Å². The van der Waals surface area contributed by atoms with E-state index >= 15 is 0 Å². The zero-order valence-corrected chi connectivity index (χ0v) is 16.2. The normalized spacial score (nSPS) is 11.9. The molecule has 0 saturated carbocycles. The molecule has 25 heavy (non-hydrogen) atoms. The number of halogens is 1. The van der Waals surface area contributed by atoms with E-state index in [9.17, 15) is 4.79 Å². The lowest BCUT2D eigenvalue weighted by molar-refractivity contribution is 0.244. The van der Waals surface area contributed by atoms with Gasteiger partial charge in [0.05, 0.1) is 31.0 Å². The zero-order chi connectivity index (χ0) is 18.4. The van der Waals surface area contributed by atoms with Gasteiger partial charge in [0.15, 0.2) is 0 Å². The van der Waals surface area contributed by atoms with Gasteiger partial charge in [-0.25, -0.2) is 4.79 Å². The molecule has 0 saturated heterocycles. The number of urea groups is 1. The summed E-state index contributed by atoms with van der Waals surface area (Å²) in [4.78, 5) is 15.6. The molecule has 136 valence electrons. The third kappa shape index (κ3) is 5.01. The molecular weight excluding hydrogens is 362 g/mol. The highest BCUT2D eigenvalue weighted by molar-refractivity contribution is 7.10. The van der Waals surface area contributed by atoms with Crippen molar-refractivity contribution in [1.29, 1.82) is 0 Å². The number of anilines is 1. The number of rotatable bonds is 7. The average Bonchev–Trinajstić information content (AvgIpc) is 3.10. The van der Waals surface area contributed by atoms with Crippen LogP contribution in [0.5, 0.6) is 11.5 Å². The van der Waals surface area contributed by atoms with E-state index in [1.807, 2.05) is 25.5 Å². The van der Waals surface area contributed by atoms with Gasteiger partial charge in [-0.15, -0.1) is 11.3 Å². The number of carbonyl (C=O) groups excluding carboxylic acids is 1. The van der Waals surface area contributed by atoms with E-state index in [1.165, 1.54) is 19.1 Å². The Kier molecular flexibility index (Phi) is 6.92. The van der Waals surface area contributed by atoms with E-state index in [2.05, 4.69) is 21.6 Å². The van der Waals surface area contributed by atoms with Gasteiger partial charge >= 0.3 is 6.03 Å². The van der Waals surface area contributed by atoms with Crippen molar-refractivity contribution in [1.82, 2.24) is 10.2 Å². The molecule has 1 aromatic carbocycles. The Morgan fingerprint density at radius 3 is 2.56 bits per heavy atom. The molecule has 0 aliphatic rings. The Labute approximate surface area is 156 Å². The van der Waals surface area contributed by atoms with Crippen molar-refractivity contribution in [2.75, 3.05) is 40.2 Å². The Hall–Kier alpha value is -1.96. The lowest BCUT2D eigenvalue weighted by atomic mass is 10.2. The number of likely N-dealkylation sites (N-methyl/N-ethyl adjacent to an activating group) is 1. The molecule has 0 bridgehead atoms. The third-order valence-electron chi connectivity index (χ3n) is 3.67. The molecule has 1 heterocycles. The highest BCUT2D eigenvalue weighted by Crippen LogP contribution is 2.35. The van der Waals surface area contributed by atoms with Crippen LogP contribution in [0.15, 0.2) is 29.6 Å². The number of hydrogen-bond donors (Lipinski definition) is 2. The number of carbonyl (C=O) groups is 1. The Morgan fingerprint density at radius 1 is 1.28 bits per heavy atom. The van der Waals surface area contributed by atoms with E-state index in [0.717, 1.165) is 0 Å². The van der Waals surface area contributed by atoms with E-state index in [0.29, 0.717) is 28.8 Å². The van der Waals surface area contributed by atoms with Crippen molar-refractivity contribution >= 4 is 34.7 Å². The number of hydrogen-bond acceptors (Lipinski definition) is 5. The van der Waals surface area contributed by atoms with Crippen LogP contribution in [0.25, 0.3) is 0 Å². The molecule has 0 aliphatic carbocycles. The lowest BCUT2D eigenvalue weighted by Crippen LogP contribution is -2.36. The topological polar surface area (TPSA) is 62.8 Å². The quantitative estimate of drug-likeness (QED) is 0.762. The summed E-state index contributed by atoms with van der Waals surface area (Å²) in [6, 6.07) is 7.07. The maximum atomic E-state index is 12.3. The molecule has 1 atom stereocenters. The van der Waals surface area contributed by atoms with E-state index in [1.54, 1.807) is 23.5 Å². The molecule has 0 spiro atoms. The first-order chi connectivity index (χ1) is 12.0. The molecule has 2 rings (SSSR count).